The van der Waals surface area contributed by atoms with Crippen molar-refractivity contribution in [2.45, 2.75) is 6.42 Å². The highest BCUT2D eigenvalue weighted by Crippen LogP contribution is 1.83. The Hall–Kier alpha value is -0.0400. The molecule has 0 aromatic rings. The molecule has 0 aromatic carbocycles. The van der Waals surface area contributed by atoms with Crippen LogP contribution in [0, 0.1) is 0 Å². The minimum atomic E-state index is -0.312. The molecule has 4 nitrogen and oxygen atoms in total. The van der Waals surface area contributed by atoms with Crippen LogP contribution in [0.4, 0.5) is 0 Å². The van der Waals surface area contributed by atoms with Crippen molar-refractivity contribution in [1.82, 2.24) is 10.6 Å². The molecule has 0 spiro atoms. The van der Waals surface area contributed by atoms with Crippen LogP contribution in [0.3, 0.4) is 0 Å². The largest absolute Gasteiger partial charge is 0.464 e. The summed E-state index contributed by atoms with van der Waals surface area (Å²) in [5.74, 6) is -0.312. The van der Waals surface area contributed by atoms with Crippen LogP contribution in [0.1, 0.15) is 6.42 Å². The molecule has 0 aromatic heterocycles. The lowest BCUT2D eigenvalue weighted by atomic mass is 10.4. The van der Waals surface area contributed by atoms with Crippen molar-refractivity contribution in [1.29, 1.82) is 0 Å². The fourth-order valence-corrected chi connectivity index (χ4v) is 0.785. The van der Waals surface area contributed by atoms with Crippen LogP contribution in [-0.4, -0.2) is 37.0 Å². The van der Waals surface area contributed by atoms with Gasteiger partial charge in [0, 0.05) is 0 Å². The lowest BCUT2D eigenvalue weighted by molar-refractivity contribution is -0.142. The first-order chi connectivity index (χ1) is 6.16. The standard InChI is InChI=1S/C7H14N2O2S2.ClH/c1-8-3-2-4-11-6(10)5-9-7(12)13;/h8H,2-5H2,1H3,(H2,9,12,13);1H. The zero-order chi connectivity index (χ0) is 10.1. The maximum atomic E-state index is 10.9. The minimum absolute atomic E-state index is 0. The third-order valence-corrected chi connectivity index (χ3v) is 1.52. The van der Waals surface area contributed by atoms with E-state index in [2.05, 4.69) is 35.5 Å². The summed E-state index contributed by atoms with van der Waals surface area (Å²) in [7, 11) is 1.85. The van der Waals surface area contributed by atoms with Crippen molar-refractivity contribution >= 4 is 47.5 Å². The molecule has 0 aliphatic heterocycles. The Morgan fingerprint density at radius 1 is 1.57 bits per heavy atom. The van der Waals surface area contributed by atoms with Crippen molar-refractivity contribution in [3.63, 3.8) is 0 Å². The third-order valence-electron chi connectivity index (χ3n) is 1.22. The Kier molecular flexibility index (Phi) is 12.9. The van der Waals surface area contributed by atoms with Gasteiger partial charge in [-0.1, -0.05) is 12.2 Å². The first-order valence-corrected chi connectivity index (χ1v) is 4.79. The second kappa shape index (κ2) is 11.0. The van der Waals surface area contributed by atoms with E-state index in [0.717, 1.165) is 13.0 Å². The Morgan fingerprint density at radius 3 is 2.71 bits per heavy atom. The number of carbonyl (C=O) groups excluding carboxylic acids is 1. The van der Waals surface area contributed by atoms with Gasteiger partial charge in [-0.2, -0.15) is 0 Å². The average Bonchev–Trinajstić information content (AvgIpc) is 2.09. The zero-order valence-electron chi connectivity index (χ0n) is 7.91. The van der Waals surface area contributed by atoms with E-state index in [4.69, 9.17) is 4.74 Å². The minimum Gasteiger partial charge on any atom is -0.464 e. The molecule has 0 unspecified atom stereocenters. The molecular weight excluding hydrogens is 244 g/mol. The number of thiocarbonyl (C=S) groups is 1. The zero-order valence-corrected chi connectivity index (χ0v) is 10.4. The van der Waals surface area contributed by atoms with E-state index in [9.17, 15) is 4.79 Å². The Balaban J connectivity index is 0. The third kappa shape index (κ3) is 12.0. The van der Waals surface area contributed by atoms with Gasteiger partial charge in [0.25, 0.3) is 0 Å². The molecule has 0 rings (SSSR count). The van der Waals surface area contributed by atoms with E-state index in [0.29, 0.717) is 10.9 Å². The molecule has 14 heavy (non-hydrogen) atoms. The topological polar surface area (TPSA) is 50.4 Å². The van der Waals surface area contributed by atoms with Gasteiger partial charge in [-0.25, -0.2) is 0 Å². The fourth-order valence-electron chi connectivity index (χ4n) is 0.634. The van der Waals surface area contributed by atoms with Crippen LogP contribution in [0.15, 0.2) is 0 Å². The number of halogens is 1. The summed E-state index contributed by atoms with van der Waals surface area (Å²) < 4.78 is 5.16. The molecule has 0 bridgehead atoms. The SMILES string of the molecule is CNCCCOC(=O)CNC(=S)S.Cl. The highest BCUT2D eigenvalue weighted by molar-refractivity contribution is 8.11. The summed E-state index contributed by atoms with van der Waals surface area (Å²) in [6.07, 6.45) is 0.813. The lowest BCUT2D eigenvalue weighted by Gasteiger charge is -2.04. The van der Waals surface area contributed by atoms with Crippen molar-refractivity contribution in [3.8, 4) is 0 Å². The molecule has 0 saturated heterocycles. The van der Waals surface area contributed by atoms with Gasteiger partial charge < -0.3 is 15.4 Å². The van der Waals surface area contributed by atoms with Gasteiger partial charge in [0.05, 0.1) is 6.61 Å². The van der Waals surface area contributed by atoms with Gasteiger partial charge >= 0.3 is 5.97 Å². The summed E-state index contributed by atoms with van der Waals surface area (Å²) in [6, 6.07) is 0. The summed E-state index contributed by atoms with van der Waals surface area (Å²) in [5, 5.41) is 5.54. The van der Waals surface area contributed by atoms with Crippen molar-refractivity contribution < 1.29 is 9.53 Å². The molecule has 84 valence electrons. The summed E-state index contributed by atoms with van der Waals surface area (Å²) in [4.78, 5) is 10.9. The van der Waals surface area contributed by atoms with Crippen molar-refractivity contribution in [3.05, 3.63) is 0 Å². The summed E-state index contributed by atoms with van der Waals surface area (Å²) in [6.45, 7) is 1.36. The molecule has 0 saturated carbocycles. The predicted octanol–water partition coefficient (Wildman–Crippen LogP) is 0.365. The number of ether oxygens (including phenoxy) is 1. The maximum Gasteiger partial charge on any atom is 0.325 e. The number of rotatable bonds is 6. The average molecular weight is 259 g/mol. The molecule has 0 aliphatic carbocycles. The highest BCUT2D eigenvalue weighted by atomic mass is 35.5. The van der Waals surface area contributed by atoms with Gasteiger partial charge in [-0.3, -0.25) is 4.79 Å². The maximum absolute atomic E-state index is 10.9. The van der Waals surface area contributed by atoms with Crippen LogP contribution in [0.2, 0.25) is 0 Å². The Bertz CT molecular complexity index is 181. The smallest absolute Gasteiger partial charge is 0.325 e. The first-order valence-electron chi connectivity index (χ1n) is 3.94. The predicted molar refractivity (Wildman–Crippen MR) is 66.3 cm³/mol. The van der Waals surface area contributed by atoms with Gasteiger partial charge in [-0.15, -0.1) is 25.0 Å². The van der Waals surface area contributed by atoms with Crippen LogP contribution in [0.5, 0.6) is 0 Å². The van der Waals surface area contributed by atoms with Gasteiger partial charge in [0.15, 0.2) is 0 Å². The number of thiol groups is 1. The second-order valence-electron chi connectivity index (χ2n) is 2.34. The second-order valence-corrected chi connectivity index (χ2v) is 3.49. The quantitative estimate of drug-likeness (QED) is 0.278. The molecule has 7 heteroatoms. The Morgan fingerprint density at radius 2 is 2.21 bits per heavy atom. The number of nitrogens with one attached hydrogen (secondary N) is 2. The fraction of sp³-hybridized carbons (Fsp3) is 0.714. The van der Waals surface area contributed by atoms with Crippen LogP contribution in [0.25, 0.3) is 0 Å². The van der Waals surface area contributed by atoms with E-state index in [1.165, 1.54) is 0 Å². The number of hydrogen-bond acceptors (Lipinski definition) is 4. The van der Waals surface area contributed by atoms with E-state index >= 15 is 0 Å². The first kappa shape index (κ1) is 16.4. The van der Waals surface area contributed by atoms with Crippen molar-refractivity contribution in [2.24, 2.45) is 0 Å². The van der Waals surface area contributed by atoms with E-state index in [1.54, 1.807) is 0 Å². The van der Waals surface area contributed by atoms with Crippen molar-refractivity contribution in [2.75, 3.05) is 26.7 Å². The molecule has 0 radical (unpaired) electrons. The van der Waals surface area contributed by atoms with E-state index in [1.807, 2.05) is 7.05 Å². The molecule has 0 aliphatic rings. The summed E-state index contributed by atoms with van der Waals surface area (Å²) in [5.41, 5.74) is 0. The highest BCUT2D eigenvalue weighted by Gasteiger charge is 2.01. The number of hydrogen-bond donors (Lipinski definition) is 3. The monoisotopic (exact) mass is 258 g/mol. The van der Waals surface area contributed by atoms with Gasteiger partial charge in [-0.05, 0) is 20.0 Å². The lowest BCUT2D eigenvalue weighted by Crippen LogP contribution is -2.27. The molecular formula is C7H15ClN2O2S2. The van der Waals surface area contributed by atoms with Crippen LogP contribution < -0.4 is 10.6 Å². The summed E-state index contributed by atoms with van der Waals surface area (Å²) >= 11 is 8.40. The van der Waals surface area contributed by atoms with Crippen LogP contribution >= 0.6 is 37.3 Å². The molecule has 0 heterocycles. The molecule has 0 fully saturated rings. The molecule has 0 atom stereocenters. The Labute approximate surface area is 101 Å². The van der Waals surface area contributed by atoms with Gasteiger partial charge in [0.1, 0.15) is 10.9 Å². The van der Waals surface area contributed by atoms with Crippen LogP contribution in [-0.2, 0) is 9.53 Å². The normalized spacial score (nSPS) is 8.71. The number of carbonyl (C=O) groups is 1. The van der Waals surface area contributed by atoms with E-state index in [-0.39, 0.29) is 24.9 Å². The molecule has 0 amide bonds. The number of esters is 1. The van der Waals surface area contributed by atoms with Gasteiger partial charge in [0.2, 0.25) is 0 Å². The molecule has 2 N–H and O–H groups in total. The van der Waals surface area contributed by atoms with E-state index < -0.39 is 0 Å².